The van der Waals surface area contributed by atoms with Crippen molar-refractivity contribution in [2.45, 2.75) is 110 Å². The van der Waals surface area contributed by atoms with Gasteiger partial charge in [0.25, 0.3) is 0 Å². The molecule has 2 atom stereocenters. The molecule has 7 rings (SSSR count). The molecule has 1 saturated heterocycles. The largest absolute Gasteiger partial charge is 0.489 e. The van der Waals surface area contributed by atoms with Gasteiger partial charge in [0.2, 0.25) is 29.5 Å². The number of nitriles is 1. The summed E-state index contributed by atoms with van der Waals surface area (Å²) >= 11 is 1.50. The average molecular weight is 885 g/mol. The Bertz CT molecular complexity index is 2430. The molecule has 1 aromatic carbocycles. The molecule has 3 N–H and O–H groups in total. The molecule has 0 bridgehead atoms. The second-order valence-corrected chi connectivity index (χ2v) is 17.2. The molecule has 1 unspecified atom stereocenters. The van der Waals surface area contributed by atoms with E-state index in [0.717, 1.165) is 68.7 Å². The van der Waals surface area contributed by atoms with Gasteiger partial charge in [0.15, 0.2) is 0 Å². The smallest absolute Gasteiger partial charge is 0.329 e. The number of para-hydroxylation sites is 1. The van der Waals surface area contributed by atoms with Crippen molar-refractivity contribution in [2.24, 2.45) is 7.05 Å². The third-order valence-corrected chi connectivity index (χ3v) is 12.5. The number of hydrogen-bond donors (Lipinski definition) is 2. The van der Waals surface area contributed by atoms with Crippen molar-refractivity contribution in [1.82, 2.24) is 34.6 Å². The highest BCUT2D eigenvalue weighted by Gasteiger charge is 2.43. The van der Waals surface area contributed by atoms with Crippen LogP contribution in [0.15, 0.2) is 39.8 Å². The first-order valence-corrected chi connectivity index (χ1v) is 22.9. The summed E-state index contributed by atoms with van der Waals surface area (Å²) in [7, 11) is 1.64. The van der Waals surface area contributed by atoms with Crippen LogP contribution in [0.3, 0.4) is 0 Å². The number of thiophene rings is 1. The maximum atomic E-state index is 12.8. The number of imide groups is 1. The third kappa shape index (κ3) is 10.8. The topological polar surface area (TPSA) is 219 Å². The maximum Gasteiger partial charge on any atom is 0.329 e. The van der Waals surface area contributed by atoms with Crippen LogP contribution in [0.25, 0.3) is 22.6 Å². The Labute approximate surface area is 371 Å². The summed E-state index contributed by atoms with van der Waals surface area (Å²) in [6.07, 6.45) is 11.8. The number of fused-ring (bicyclic) bond motifs is 2. The lowest BCUT2D eigenvalue weighted by Gasteiger charge is -2.30. The van der Waals surface area contributed by atoms with Gasteiger partial charge in [-0.2, -0.15) is 10.2 Å². The first-order valence-electron chi connectivity index (χ1n) is 22.1. The summed E-state index contributed by atoms with van der Waals surface area (Å²) in [5.74, 6) is 1.41. The number of carbonyl (C=O) groups excluding carboxylic acids is 2. The van der Waals surface area contributed by atoms with Crippen molar-refractivity contribution in [3.63, 3.8) is 0 Å². The minimum atomic E-state index is -0.717. The number of anilines is 2. The Kier molecular flexibility index (Phi) is 16.5. The highest BCUT2D eigenvalue weighted by atomic mass is 32.1. The summed E-state index contributed by atoms with van der Waals surface area (Å²) in [5, 5.41) is 16.9. The molecule has 2 amide bonds. The van der Waals surface area contributed by atoms with Crippen molar-refractivity contribution in [3.05, 3.63) is 62.8 Å². The fraction of sp³-hybridized carbons (Fsp3) is 0.556. The number of nitrogen functional groups attached to an aromatic ring is 1. The summed E-state index contributed by atoms with van der Waals surface area (Å²) in [5.41, 5.74) is 8.62. The van der Waals surface area contributed by atoms with Crippen LogP contribution in [0, 0.1) is 11.3 Å². The monoisotopic (exact) mass is 884 g/mol. The molecule has 1 aliphatic carbocycles. The van der Waals surface area contributed by atoms with E-state index in [-0.39, 0.29) is 18.0 Å². The van der Waals surface area contributed by atoms with E-state index in [1.807, 2.05) is 6.07 Å². The van der Waals surface area contributed by atoms with Crippen molar-refractivity contribution in [1.29, 1.82) is 5.26 Å². The number of nitrogens with two attached hydrogens (primary N) is 1. The van der Waals surface area contributed by atoms with Gasteiger partial charge in [0.1, 0.15) is 40.7 Å². The van der Waals surface area contributed by atoms with Crippen LogP contribution in [0.5, 0.6) is 5.75 Å². The lowest BCUT2D eigenvalue weighted by molar-refractivity contribution is -0.135. The van der Waals surface area contributed by atoms with Crippen LogP contribution in [0.2, 0.25) is 0 Å². The number of aryl methyl sites for hydroxylation is 2. The van der Waals surface area contributed by atoms with Crippen LogP contribution < -0.4 is 26.4 Å². The van der Waals surface area contributed by atoms with Crippen LogP contribution in [-0.2, 0) is 37.9 Å². The Morgan fingerprint density at radius 2 is 1.79 bits per heavy atom. The number of aromatic nitrogens is 6. The van der Waals surface area contributed by atoms with E-state index in [0.29, 0.717) is 83.6 Å². The normalized spacial score (nSPS) is 17.2. The Morgan fingerprint density at radius 1 is 1.00 bits per heavy atom. The Morgan fingerprint density at radius 3 is 2.54 bits per heavy atom. The predicted octanol–water partition coefficient (Wildman–Crippen LogP) is 6.62. The first-order chi connectivity index (χ1) is 30.6. The summed E-state index contributed by atoms with van der Waals surface area (Å²) < 4.78 is 25.4. The molecule has 17 nitrogen and oxygen atoms in total. The van der Waals surface area contributed by atoms with Crippen LogP contribution in [0.1, 0.15) is 120 Å². The van der Waals surface area contributed by atoms with Crippen LogP contribution in [-0.4, -0.2) is 87.2 Å². The third-order valence-electron chi connectivity index (χ3n) is 11.4. The number of hydrogen-bond acceptors (Lipinski definition) is 15. The molecule has 0 radical (unpaired) electrons. The molecule has 18 heteroatoms. The SMILES string of the molecule is CCCCCCN(CCC)c1nccc(-c2noc([C@@]3(C)CCCc4sc(N)c(C#N)c43)n2)n1.CCCOCCOCCOc1cccc2c1n(C)c(=O)n2C1CCC(=O)NC1=O. The number of amides is 2. The van der Waals surface area contributed by atoms with Gasteiger partial charge in [-0.1, -0.05) is 51.3 Å². The van der Waals surface area contributed by atoms with Crippen molar-refractivity contribution >= 4 is 45.1 Å². The van der Waals surface area contributed by atoms with Crippen molar-refractivity contribution in [3.8, 4) is 23.3 Å². The number of carbonyl (C=O) groups is 2. The molecule has 1 fully saturated rings. The molecule has 0 saturated carbocycles. The van der Waals surface area contributed by atoms with Crippen LogP contribution in [0.4, 0.5) is 10.9 Å². The number of rotatable bonds is 20. The minimum Gasteiger partial charge on any atom is -0.489 e. The summed E-state index contributed by atoms with van der Waals surface area (Å²) in [4.78, 5) is 54.0. The minimum absolute atomic E-state index is 0.203. The zero-order valence-corrected chi connectivity index (χ0v) is 37.9. The molecule has 1 aliphatic heterocycles. The first kappa shape index (κ1) is 46.9. The number of nitrogens with zero attached hydrogens (tertiary/aromatic N) is 8. The second-order valence-electron chi connectivity index (χ2n) is 16.0. The van der Waals surface area contributed by atoms with E-state index in [9.17, 15) is 19.6 Å². The maximum absolute atomic E-state index is 12.8. The molecule has 4 aromatic heterocycles. The highest BCUT2D eigenvalue weighted by molar-refractivity contribution is 7.16. The van der Waals surface area contributed by atoms with E-state index >= 15 is 0 Å². The number of benzene rings is 1. The summed E-state index contributed by atoms with van der Waals surface area (Å²) in [6, 6.07) is 8.72. The molecule has 0 spiro atoms. The van der Waals surface area contributed by atoms with Gasteiger partial charge in [-0.25, -0.2) is 14.8 Å². The zero-order valence-electron chi connectivity index (χ0n) is 37.1. The lowest BCUT2D eigenvalue weighted by atomic mass is 9.72. The molecule has 63 heavy (non-hydrogen) atoms. The number of imidazole rings is 1. The molecule has 5 heterocycles. The van der Waals surface area contributed by atoms with Gasteiger partial charge in [-0.05, 0) is 70.1 Å². The number of nitrogens with one attached hydrogen (secondary N) is 1. The number of piperidine rings is 1. The van der Waals surface area contributed by atoms with Gasteiger partial charge < -0.3 is 29.4 Å². The van der Waals surface area contributed by atoms with E-state index in [4.69, 9.17) is 34.4 Å². The fourth-order valence-electron chi connectivity index (χ4n) is 8.22. The van der Waals surface area contributed by atoms with Crippen molar-refractivity contribution < 1.29 is 28.3 Å². The quantitative estimate of drug-likeness (QED) is 0.0620. The second kappa shape index (κ2) is 22.1. The van der Waals surface area contributed by atoms with E-state index in [2.05, 4.69) is 54.1 Å². The van der Waals surface area contributed by atoms with Gasteiger partial charge in [0.05, 0.1) is 36.3 Å². The summed E-state index contributed by atoms with van der Waals surface area (Å²) in [6.45, 7) is 12.8. The van der Waals surface area contributed by atoms with Gasteiger partial charge in [-0.15, -0.1) is 11.3 Å². The highest BCUT2D eigenvalue weighted by Crippen LogP contribution is 2.48. The van der Waals surface area contributed by atoms with E-state index in [1.54, 1.807) is 31.4 Å². The molecule has 2 aliphatic rings. The van der Waals surface area contributed by atoms with E-state index < -0.39 is 17.4 Å². The molecule has 5 aromatic rings. The van der Waals surface area contributed by atoms with Crippen molar-refractivity contribution in [2.75, 3.05) is 56.8 Å². The molecule has 338 valence electrons. The Hall–Kier alpha value is -5.64. The number of ether oxygens (including phenoxy) is 3. The van der Waals surface area contributed by atoms with Gasteiger partial charge >= 0.3 is 5.69 Å². The predicted molar refractivity (Wildman–Crippen MR) is 241 cm³/mol. The lowest BCUT2D eigenvalue weighted by Crippen LogP contribution is -2.44. The zero-order chi connectivity index (χ0) is 44.9. The van der Waals surface area contributed by atoms with Crippen LogP contribution >= 0.6 is 11.3 Å². The standard InChI is InChI=1S/C25H33N7OS.C20H27N3O6/c1-4-6-7-8-15-32(14-5-2)24-28-13-11-18(29-24)22-30-23(33-31-22)25(3)12-9-10-19-20(25)17(16-26)21(27)34-19;1-3-9-27-10-11-28-12-13-29-16-6-4-5-14-18(16)22(2)20(26)23(14)15-7-8-17(24)21-19(15)25/h11,13H,4-10,12,14-15,27H2,1-3H3;4-6,15H,3,7-13H2,1-2H3,(H,21,24,25)/t25-;/m0./s1. The Balaban J connectivity index is 0.000000213. The van der Waals surface area contributed by atoms with Gasteiger partial charge in [-0.3, -0.25) is 24.0 Å². The average Bonchev–Trinajstić information content (AvgIpc) is 3.98. The van der Waals surface area contributed by atoms with E-state index in [1.165, 1.54) is 39.7 Å². The molecular weight excluding hydrogens is 825 g/mol. The molecular formula is C45H60N10O7S. The number of unbranched alkanes of at least 4 members (excludes halogenated alkanes) is 3. The van der Waals surface area contributed by atoms with Gasteiger partial charge in [0, 0.05) is 49.8 Å². The fourth-order valence-corrected chi connectivity index (χ4v) is 9.41.